The van der Waals surface area contributed by atoms with Crippen LogP contribution >= 0.6 is 0 Å². The van der Waals surface area contributed by atoms with Gasteiger partial charge in [-0.15, -0.1) is 0 Å². The molecular weight excluding hydrogens is 216 g/mol. The first-order chi connectivity index (χ1) is 8.19. The van der Waals surface area contributed by atoms with Crippen LogP contribution in [0.25, 0.3) is 0 Å². The molecule has 2 unspecified atom stereocenters. The second kappa shape index (κ2) is 7.67. The summed E-state index contributed by atoms with van der Waals surface area (Å²) in [5, 5.41) is 3.04. The highest BCUT2D eigenvalue weighted by molar-refractivity contribution is 5.75. The number of piperidine rings is 1. The Labute approximate surface area is 105 Å². The second-order valence-electron chi connectivity index (χ2n) is 4.76. The lowest BCUT2D eigenvalue weighted by Gasteiger charge is -2.34. The highest BCUT2D eigenvalue weighted by Crippen LogP contribution is 2.16. The Balaban J connectivity index is 2.33. The lowest BCUT2D eigenvalue weighted by Crippen LogP contribution is -2.43. The summed E-state index contributed by atoms with van der Waals surface area (Å²) in [7, 11) is 1.82. The molecule has 1 aliphatic heterocycles. The van der Waals surface area contributed by atoms with Crippen molar-refractivity contribution in [1.29, 1.82) is 0 Å². The maximum atomic E-state index is 11.6. The Morgan fingerprint density at radius 1 is 1.53 bits per heavy atom. The fourth-order valence-corrected chi connectivity index (χ4v) is 2.41. The molecule has 0 spiro atoms. The van der Waals surface area contributed by atoms with Crippen molar-refractivity contribution in [3.05, 3.63) is 0 Å². The average molecular weight is 242 g/mol. The third-order valence-electron chi connectivity index (χ3n) is 3.57. The lowest BCUT2D eigenvalue weighted by molar-refractivity contribution is -0.145. The van der Waals surface area contributed by atoms with Gasteiger partial charge >= 0.3 is 5.97 Å². The Kier molecular flexibility index (Phi) is 6.52. The molecule has 1 N–H and O–H groups in total. The van der Waals surface area contributed by atoms with Gasteiger partial charge in [0.05, 0.1) is 6.61 Å². The van der Waals surface area contributed by atoms with Gasteiger partial charge in [0.2, 0.25) is 0 Å². The fraction of sp³-hybridized carbons (Fsp3) is 0.923. The molecule has 1 saturated heterocycles. The number of nitrogens with one attached hydrogen (secondary N) is 1. The first-order valence-corrected chi connectivity index (χ1v) is 6.77. The van der Waals surface area contributed by atoms with E-state index in [0.29, 0.717) is 12.6 Å². The van der Waals surface area contributed by atoms with Gasteiger partial charge in [-0.05, 0) is 46.7 Å². The molecule has 100 valence electrons. The summed E-state index contributed by atoms with van der Waals surface area (Å²) in [6.07, 6.45) is 4.74. The van der Waals surface area contributed by atoms with E-state index in [1.807, 2.05) is 14.0 Å². The van der Waals surface area contributed by atoms with Gasteiger partial charge in [0.1, 0.15) is 6.04 Å². The average Bonchev–Trinajstić information content (AvgIpc) is 2.32. The van der Waals surface area contributed by atoms with Crippen LogP contribution in [0, 0.1) is 0 Å². The number of hydrogen-bond acceptors (Lipinski definition) is 4. The fourth-order valence-electron chi connectivity index (χ4n) is 2.41. The number of ether oxygens (including phenoxy) is 1. The van der Waals surface area contributed by atoms with Crippen LogP contribution in [-0.2, 0) is 9.53 Å². The monoisotopic (exact) mass is 242 g/mol. The van der Waals surface area contributed by atoms with Crippen LogP contribution in [0.5, 0.6) is 0 Å². The van der Waals surface area contributed by atoms with Gasteiger partial charge in [-0.25, -0.2) is 0 Å². The molecule has 1 fully saturated rings. The Morgan fingerprint density at radius 2 is 2.29 bits per heavy atom. The summed E-state index contributed by atoms with van der Waals surface area (Å²) in [5.74, 6) is -0.125. The van der Waals surface area contributed by atoms with E-state index < -0.39 is 0 Å². The number of likely N-dealkylation sites (N-methyl/N-ethyl adjacent to an activating group) is 1. The molecule has 0 aromatic heterocycles. The lowest BCUT2D eigenvalue weighted by atomic mass is 10.0. The highest BCUT2D eigenvalue weighted by atomic mass is 16.5. The van der Waals surface area contributed by atoms with Crippen molar-refractivity contribution >= 4 is 5.97 Å². The third kappa shape index (κ3) is 4.64. The van der Waals surface area contributed by atoms with Crippen LogP contribution in [0.2, 0.25) is 0 Å². The number of hydrogen-bond donors (Lipinski definition) is 1. The Morgan fingerprint density at radius 3 is 2.88 bits per heavy atom. The summed E-state index contributed by atoms with van der Waals surface area (Å²) < 4.78 is 5.04. The van der Waals surface area contributed by atoms with Gasteiger partial charge in [0.25, 0.3) is 0 Å². The number of likely N-dealkylation sites (tertiary alicyclic amines) is 1. The molecular formula is C13H26N2O2. The minimum Gasteiger partial charge on any atom is -0.465 e. The van der Waals surface area contributed by atoms with E-state index in [1.165, 1.54) is 25.8 Å². The smallest absolute Gasteiger partial charge is 0.323 e. The van der Waals surface area contributed by atoms with Gasteiger partial charge in [-0.1, -0.05) is 6.42 Å². The maximum Gasteiger partial charge on any atom is 0.323 e. The third-order valence-corrected chi connectivity index (χ3v) is 3.57. The van der Waals surface area contributed by atoms with Crippen molar-refractivity contribution < 1.29 is 9.53 Å². The second-order valence-corrected chi connectivity index (χ2v) is 4.76. The summed E-state index contributed by atoms with van der Waals surface area (Å²) >= 11 is 0. The molecule has 0 radical (unpaired) electrons. The Hall–Kier alpha value is -0.610. The molecule has 0 amide bonds. The summed E-state index contributed by atoms with van der Waals surface area (Å²) in [4.78, 5) is 14.1. The van der Waals surface area contributed by atoms with Gasteiger partial charge in [0, 0.05) is 12.6 Å². The minimum absolute atomic E-state index is 0.125. The number of carbonyl (C=O) groups excluding carboxylic acids is 1. The quantitative estimate of drug-likeness (QED) is 0.715. The van der Waals surface area contributed by atoms with Gasteiger partial charge < -0.3 is 15.0 Å². The number of rotatable bonds is 6. The van der Waals surface area contributed by atoms with Crippen LogP contribution in [0.4, 0.5) is 0 Å². The van der Waals surface area contributed by atoms with Crippen LogP contribution in [0.1, 0.15) is 39.5 Å². The molecule has 1 aliphatic rings. The van der Waals surface area contributed by atoms with E-state index in [0.717, 1.165) is 13.0 Å². The van der Waals surface area contributed by atoms with Crippen LogP contribution in [0.15, 0.2) is 0 Å². The Bertz CT molecular complexity index is 233. The maximum absolute atomic E-state index is 11.6. The molecule has 0 bridgehead atoms. The zero-order valence-electron chi connectivity index (χ0n) is 11.4. The van der Waals surface area contributed by atoms with E-state index in [1.54, 1.807) is 0 Å². The number of carbonyl (C=O) groups is 1. The van der Waals surface area contributed by atoms with Crippen molar-refractivity contribution in [3.63, 3.8) is 0 Å². The standard InChI is InChI=1S/C13H26N2O2/c1-4-17-13(16)12(14-3)8-10-15-9-6-5-7-11(15)2/h11-12,14H,4-10H2,1-3H3. The van der Waals surface area contributed by atoms with Crippen molar-refractivity contribution in [2.24, 2.45) is 0 Å². The molecule has 1 rings (SSSR count). The van der Waals surface area contributed by atoms with Crippen molar-refractivity contribution in [3.8, 4) is 0 Å². The number of esters is 1. The molecule has 4 heteroatoms. The highest BCUT2D eigenvalue weighted by Gasteiger charge is 2.22. The number of nitrogens with zero attached hydrogens (tertiary/aromatic N) is 1. The van der Waals surface area contributed by atoms with Crippen molar-refractivity contribution in [1.82, 2.24) is 10.2 Å². The molecule has 4 nitrogen and oxygen atoms in total. The molecule has 2 atom stereocenters. The van der Waals surface area contributed by atoms with E-state index >= 15 is 0 Å². The van der Waals surface area contributed by atoms with E-state index in [-0.39, 0.29) is 12.0 Å². The molecule has 0 aromatic rings. The molecule has 1 heterocycles. The molecule has 17 heavy (non-hydrogen) atoms. The van der Waals surface area contributed by atoms with Crippen LogP contribution < -0.4 is 5.32 Å². The summed E-state index contributed by atoms with van der Waals surface area (Å²) in [5.41, 5.74) is 0. The van der Waals surface area contributed by atoms with E-state index in [2.05, 4.69) is 17.1 Å². The van der Waals surface area contributed by atoms with Gasteiger partial charge in [-0.2, -0.15) is 0 Å². The SMILES string of the molecule is CCOC(=O)C(CCN1CCCCC1C)NC. The normalized spacial score (nSPS) is 23.4. The first-order valence-electron chi connectivity index (χ1n) is 6.77. The van der Waals surface area contributed by atoms with Crippen LogP contribution in [-0.4, -0.2) is 49.7 Å². The molecule has 0 saturated carbocycles. The largest absolute Gasteiger partial charge is 0.465 e. The predicted molar refractivity (Wildman–Crippen MR) is 69.0 cm³/mol. The van der Waals surface area contributed by atoms with E-state index in [9.17, 15) is 4.79 Å². The van der Waals surface area contributed by atoms with Gasteiger partial charge in [-0.3, -0.25) is 4.79 Å². The minimum atomic E-state index is -0.163. The summed E-state index contributed by atoms with van der Waals surface area (Å²) in [6, 6.07) is 0.493. The summed E-state index contributed by atoms with van der Waals surface area (Å²) in [6.45, 7) is 6.72. The zero-order valence-corrected chi connectivity index (χ0v) is 11.4. The first kappa shape index (κ1) is 14.5. The van der Waals surface area contributed by atoms with Crippen LogP contribution in [0.3, 0.4) is 0 Å². The molecule has 0 aliphatic carbocycles. The van der Waals surface area contributed by atoms with Crippen molar-refractivity contribution in [2.75, 3.05) is 26.7 Å². The van der Waals surface area contributed by atoms with E-state index in [4.69, 9.17) is 4.74 Å². The van der Waals surface area contributed by atoms with Gasteiger partial charge in [0.15, 0.2) is 0 Å². The topological polar surface area (TPSA) is 41.6 Å². The molecule has 0 aromatic carbocycles. The zero-order chi connectivity index (χ0) is 12.7. The van der Waals surface area contributed by atoms with Crippen molar-refractivity contribution in [2.45, 2.75) is 51.6 Å². The predicted octanol–water partition coefficient (Wildman–Crippen LogP) is 1.40.